The first-order chi connectivity index (χ1) is 14.0. The average Bonchev–Trinajstić information content (AvgIpc) is 3.37. The molecule has 0 amide bonds. The van der Waals surface area contributed by atoms with Crippen LogP contribution in [0.15, 0.2) is 28.9 Å². The summed E-state index contributed by atoms with van der Waals surface area (Å²) in [5.41, 5.74) is 1.86. The van der Waals surface area contributed by atoms with E-state index in [9.17, 15) is 0 Å². The number of oxazole rings is 1. The molecule has 29 heavy (non-hydrogen) atoms. The number of benzene rings is 1. The summed E-state index contributed by atoms with van der Waals surface area (Å²) in [6.07, 6.45) is 1.67. The summed E-state index contributed by atoms with van der Waals surface area (Å²) in [5.74, 6) is 4.27. The Morgan fingerprint density at radius 3 is 2.69 bits per heavy atom. The Bertz CT molecular complexity index is 994. The Labute approximate surface area is 170 Å². The first-order valence-electron chi connectivity index (χ1n) is 9.85. The van der Waals surface area contributed by atoms with Crippen molar-refractivity contribution in [1.29, 1.82) is 0 Å². The van der Waals surface area contributed by atoms with Gasteiger partial charge in [0.15, 0.2) is 17.5 Å². The fourth-order valence-corrected chi connectivity index (χ4v) is 3.69. The number of hydrogen-bond donors (Lipinski definition) is 0. The summed E-state index contributed by atoms with van der Waals surface area (Å²) >= 11 is 0. The van der Waals surface area contributed by atoms with Crippen molar-refractivity contribution in [2.75, 3.05) is 20.8 Å². The summed E-state index contributed by atoms with van der Waals surface area (Å²) in [5, 5.41) is 8.88. The quantitative estimate of drug-likeness (QED) is 0.628. The first-order valence-corrected chi connectivity index (χ1v) is 9.85. The Morgan fingerprint density at radius 1 is 1.17 bits per heavy atom. The van der Waals surface area contributed by atoms with E-state index in [1.807, 2.05) is 12.1 Å². The maximum Gasteiger partial charge on any atom is 0.197 e. The standard InChI is InChI=1S/C21H27N5O3/c1-13(2)21-22-17(12-29-21)20-24-23-19-14(3)25(8-9-26(19)20)11-15-6-7-16(27-4)10-18(15)28-5/h6-7,10,12-14H,8-9,11H2,1-5H3. The van der Waals surface area contributed by atoms with Crippen molar-refractivity contribution in [3.05, 3.63) is 41.7 Å². The number of nitrogens with zero attached hydrogens (tertiary/aromatic N) is 5. The summed E-state index contributed by atoms with van der Waals surface area (Å²) < 4.78 is 18.6. The van der Waals surface area contributed by atoms with Crippen molar-refractivity contribution >= 4 is 0 Å². The van der Waals surface area contributed by atoms with Crippen LogP contribution in [0.25, 0.3) is 11.5 Å². The van der Waals surface area contributed by atoms with E-state index in [1.54, 1.807) is 20.5 Å². The van der Waals surface area contributed by atoms with Crippen LogP contribution in [0.2, 0.25) is 0 Å². The number of ether oxygens (including phenoxy) is 2. The molecule has 3 heterocycles. The topological polar surface area (TPSA) is 78.4 Å². The second kappa shape index (κ2) is 7.87. The summed E-state index contributed by atoms with van der Waals surface area (Å²) in [4.78, 5) is 6.95. The highest BCUT2D eigenvalue weighted by Crippen LogP contribution is 2.32. The van der Waals surface area contributed by atoms with Gasteiger partial charge in [-0.05, 0) is 13.0 Å². The van der Waals surface area contributed by atoms with Crippen LogP contribution >= 0.6 is 0 Å². The van der Waals surface area contributed by atoms with Crippen molar-refractivity contribution in [3.8, 4) is 23.0 Å². The number of hydrogen-bond acceptors (Lipinski definition) is 7. The van der Waals surface area contributed by atoms with Gasteiger partial charge in [-0.2, -0.15) is 0 Å². The molecule has 1 unspecified atom stereocenters. The van der Waals surface area contributed by atoms with E-state index in [1.165, 1.54) is 0 Å². The molecule has 0 bridgehead atoms. The minimum Gasteiger partial charge on any atom is -0.497 e. The lowest BCUT2D eigenvalue weighted by molar-refractivity contribution is 0.155. The maximum absolute atomic E-state index is 5.59. The maximum atomic E-state index is 5.59. The molecule has 0 radical (unpaired) electrons. The molecule has 1 atom stereocenters. The zero-order valence-corrected chi connectivity index (χ0v) is 17.5. The fourth-order valence-electron chi connectivity index (χ4n) is 3.69. The lowest BCUT2D eigenvalue weighted by Crippen LogP contribution is -2.36. The predicted octanol–water partition coefficient (Wildman–Crippen LogP) is 3.65. The van der Waals surface area contributed by atoms with Crippen molar-refractivity contribution in [2.45, 2.75) is 45.8 Å². The Morgan fingerprint density at radius 2 is 2.00 bits per heavy atom. The molecule has 4 rings (SSSR count). The average molecular weight is 397 g/mol. The normalized spacial score (nSPS) is 16.8. The van der Waals surface area contributed by atoms with E-state index in [2.05, 4.69) is 51.5 Å². The van der Waals surface area contributed by atoms with Gasteiger partial charge in [-0.3, -0.25) is 4.90 Å². The zero-order valence-electron chi connectivity index (χ0n) is 17.5. The summed E-state index contributed by atoms with van der Waals surface area (Å²) in [6.45, 7) is 8.71. The third kappa shape index (κ3) is 3.60. The van der Waals surface area contributed by atoms with Crippen molar-refractivity contribution < 1.29 is 13.9 Å². The highest BCUT2D eigenvalue weighted by molar-refractivity contribution is 5.48. The molecule has 8 nitrogen and oxygen atoms in total. The molecule has 1 aromatic carbocycles. The van der Waals surface area contributed by atoms with Gasteiger partial charge >= 0.3 is 0 Å². The molecular formula is C21H27N5O3. The monoisotopic (exact) mass is 397 g/mol. The molecule has 0 saturated heterocycles. The molecule has 0 fully saturated rings. The van der Waals surface area contributed by atoms with Crippen LogP contribution in [0.3, 0.4) is 0 Å². The van der Waals surface area contributed by atoms with Gasteiger partial charge in [0, 0.05) is 37.2 Å². The van der Waals surface area contributed by atoms with Gasteiger partial charge in [0.25, 0.3) is 0 Å². The molecular weight excluding hydrogens is 370 g/mol. The van der Waals surface area contributed by atoms with Crippen LogP contribution in [0.1, 0.15) is 50.0 Å². The molecule has 8 heteroatoms. The molecule has 2 aromatic heterocycles. The Hall–Kier alpha value is -2.87. The number of methoxy groups -OCH3 is 2. The molecule has 3 aromatic rings. The van der Waals surface area contributed by atoms with Gasteiger partial charge in [0.2, 0.25) is 0 Å². The van der Waals surface area contributed by atoms with Gasteiger partial charge in [-0.25, -0.2) is 4.98 Å². The number of aromatic nitrogens is 4. The lowest BCUT2D eigenvalue weighted by Gasteiger charge is -2.33. The fraction of sp³-hybridized carbons (Fsp3) is 0.476. The molecule has 1 aliphatic rings. The van der Waals surface area contributed by atoms with Crippen LogP contribution in [0.4, 0.5) is 0 Å². The Kier molecular flexibility index (Phi) is 5.27. The van der Waals surface area contributed by atoms with Gasteiger partial charge in [0.05, 0.1) is 20.3 Å². The van der Waals surface area contributed by atoms with Crippen molar-refractivity contribution in [1.82, 2.24) is 24.6 Å². The van der Waals surface area contributed by atoms with Crippen molar-refractivity contribution in [2.24, 2.45) is 0 Å². The highest BCUT2D eigenvalue weighted by Gasteiger charge is 2.30. The summed E-state index contributed by atoms with van der Waals surface area (Å²) in [7, 11) is 3.34. The highest BCUT2D eigenvalue weighted by atomic mass is 16.5. The van der Waals surface area contributed by atoms with E-state index in [0.717, 1.165) is 59.9 Å². The van der Waals surface area contributed by atoms with Crippen LogP contribution < -0.4 is 9.47 Å². The third-order valence-electron chi connectivity index (χ3n) is 5.42. The Balaban J connectivity index is 1.57. The molecule has 0 aliphatic carbocycles. The van der Waals surface area contributed by atoms with Gasteiger partial charge < -0.3 is 18.5 Å². The largest absolute Gasteiger partial charge is 0.497 e. The van der Waals surface area contributed by atoms with Crippen molar-refractivity contribution in [3.63, 3.8) is 0 Å². The van der Waals surface area contributed by atoms with Crippen LogP contribution in [0.5, 0.6) is 11.5 Å². The van der Waals surface area contributed by atoms with Gasteiger partial charge in [0.1, 0.15) is 23.5 Å². The van der Waals surface area contributed by atoms with E-state index >= 15 is 0 Å². The molecule has 0 spiro atoms. The SMILES string of the molecule is COc1ccc(CN2CCn3c(-c4coc(C(C)C)n4)nnc3C2C)c(OC)c1. The second-order valence-electron chi connectivity index (χ2n) is 7.58. The zero-order chi connectivity index (χ0) is 20.5. The number of rotatable bonds is 6. The number of fused-ring (bicyclic) bond motifs is 1. The van der Waals surface area contributed by atoms with E-state index in [-0.39, 0.29) is 12.0 Å². The van der Waals surface area contributed by atoms with Crippen LogP contribution in [-0.2, 0) is 13.1 Å². The first kappa shape index (κ1) is 19.4. The second-order valence-corrected chi connectivity index (χ2v) is 7.58. The lowest BCUT2D eigenvalue weighted by atomic mass is 10.1. The summed E-state index contributed by atoms with van der Waals surface area (Å²) in [6, 6.07) is 6.05. The molecule has 154 valence electrons. The molecule has 0 N–H and O–H groups in total. The van der Waals surface area contributed by atoms with Crippen LogP contribution in [-0.4, -0.2) is 45.4 Å². The molecule has 1 aliphatic heterocycles. The van der Waals surface area contributed by atoms with Gasteiger partial charge in [-0.15, -0.1) is 10.2 Å². The van der Waals surface area contributed by atoms with Gasteiger partial charge in [-0.1, -0.05) is 19.9 Å². The third-order valence-corrected chi connectivity index (χ3v) is 5.42. The predicted molar refractivity (Wildman–Crippen MR) is 108 cm³/mol. The minimum absolute atomic E-state index is 0.119. The van der Waals surface area contributed by atoms with E-state index in [4.69, 9.17) is 13.9 Å². The smallest absolute Gasteiger partial charge is 0.197 e. The van der Waals surface area contributed by atoms with Crippen LogP contribution in [0, 0.1) is 0 Å². The molecule has 0 saturated carbocycles. The minimum atomic E-state index is 0.119. The van der Waals surface area contributed by atoms with E-state index < -0.39 is 0 Å². The van der Waals surface area contributed by atoms with E-state index in [0.29, 0.717) is 0 Å².